The fourth-order valence-electron chi connectivity index (χ4n) is 2.55. The van der Waals surface area contributed by atoms with Crippen molar-refractivity contribution in [2.24, 2.45) is 5.92 Å². The molecule has 2 atom stereocenters. The maximum absolute atomic E-state index is 12.0. The Morgan fingerprint density at radius 3 is 2.84 bits per heavy atom. The van der Waals surface area contributed by atoms with Crippen molar-refractivity contribution in [2.45, 2.75) is 31.8 Å². The molecule has 108 valence electrons. The highest BCUT2D eigenvalue weighted by Gasteiger charge is 2.29. The monoisotopic (exact) mass is 271 g/mol. The molecule has 2 heterocycles. The van der Waals surface area contributed by atoms with Gasteiger partial charge in [-0.1, -0.05) is 0 Å². The van der Waals surface area contributed by atoms with E-state index < -0.39 is 12.1 Å². The molecule has 0 saturated carbocycles. The van der Waals surface area contributed by atoms with Crippen LogP contribution in [0.1, 0.15) is 25.7 Å². The smallest absolute Gasteiger partial charge is 0.334 e. The van der Waals surface area contributed by atoms with E-state index in [1.807, 2.05) is 0 Å². The summed E-state index contributed by atoms with van der Waals surface area (Å²) >= 11 is 0. The summed E-state index contributed by atoms with van der Waals surface area (Å²) in [5.74, 6) is -0.507. The number of nitrogens with zero attached hydrogens (tertiary/aromatic N) is 1. The van der Waals surface area contributed by atoms with Crippen LogP contribution in [0.15, 0.2) is 0 Å². The van der Waals surface area contributed by atoms with E-state index in [1.54, 1.807) is 4.90 Å². The molecule has 0 aromatic rings. The van der Waals surface area contributed by atoms with Gasteiger partial charge in [-0.2, -0.15) is 0 Å². The number of carboxylic acid groups (broad SMARTS) is 1. The Morgan fingerprint density at radius 1 is 1.32 bits per heavy atom. The number of morpholine rings is 1. The van der Waals surface area contributed by atoms with Crippen LogP contribution in [-0.4, -0.2) is 60.9 Å². The van der Waals surface area contributed by atoms with Gasteiger partial charge in [-0.3, -0.25) is 4.79 Å². The van der Waals surface area contributed by atoms with Crippen molar-refractivity contribution in [3.63, 3.8) is 0 Å². The summed E-state index contributed by atoms with van der Waals surface area (Å²) in [5.41, 5.74) is 0. The van der Waals surface area contributed by atoms with Gasteiger partial charge in [0.15, 0.2) is 6.10 Å². The van der Waals surface area contributed by atoms with E-state index in [0.717, 1.165) is 32.5 Å². The highest BCUT2D eigenvalue weighted by atomic mass is 16.5. The highest BCUT2D eigenvalue weighted by Crippen LogP contribution is 2.19. The van der Waals surface area contributed by atoms with E-state index in [0.29, 0.717) is 25.5 Å². The van der Waals surface area contributed by atoms with E-state index in [-0.39, 0.29) is 12.5 Å². The van der Waals surface area contributed by atoms with E-state index in [1.165, 1.54) is 0 Å². The number of amides is 1. The number of rotatable bonds is 4. The van der Waals surface area contributed by atoms with Gasteiger partial charge < -0.3 is 19.5 Å². The zero-order valence-electron chi connectivity index (χ0n) is 11.0. The first kappa shape index (κ1) is 14.3. The van der Waals surface area contributed by atoms with Crippen LogP contribution in [0.3, 0.4) is 0 Å². The van der Waals surface area contributed by atoms with E-state index >= 15 is 0 Å². The van der Waals surface area contributed by atoms with Crippen LogP contribution >= 0.6 is 0 Å². The average Bonchev–Trinajstić information content (AvgIpc) is 2.46. The number of hydrogen-bond donors (Lipinski definition) is 1. The fourth-order valence-corrected chi connectivity index (χ4v) is 2.55. The molecular weight excluding hydrogens is 250 g/mol. The third-order valence-electron chi connectivity index (χ3n) is 3.72. The quantitative estimate of drug-likeness (QED) is 0.806. The second-order valence-electron chi connectivity index (χ2n) is 5.16. The zero-order chi connectivity index (χ0) is 13.7. The second kappa shape index (κ2) is 6.86. The topological polar surface area (TPSA) is 76.1 Å². The third-order valence-corrected chi connectivity index (χ3v) is 3.72. The normalized spacial score (nSPS) is 28.1. The van der Waals surface area contributed by atoms with Gasteiger partial charge in [0.25, 0.3) is 0 Å². The summed E-state index contributed by atoms with van der Waals surface area (Å²) in [6.45, 7) is 2.52. The Morgan fingerprint density at radius 2 is 2.16 bits per heavy atom. The maximum atomic E-state index is 12.0. The van der Waals surface area contributed by atoms with Gasteiger partial charge in [-0.25, -0.2) is 4.79 Å². The van der Waals surface area contributed by atoms with Crippen LogP contribution in [0.4, 0.5) is 0 Å². The van der Waals surface area contributed by atoms with E-state index in [9.17, 15) is 9.59 Å². The van der Waals surface area contributed by atoms with Gasteiger partial charge in [-0.15, -0.1) is 0 Å². The summed E-state index contributed by atoms with van der Waals surface area (Å²) in [5, 5.41) is 8.89. The molecule has 0 bridgehead atoms. The van der Waals surface area contributed by atoms with Crippen molar-refractivity contribution in [3.05, 3.63) is 0 Å². The zero-order valence-corrected chi connectivity index (χ0v) is 11.0. The van der Waals surface area contributed by atoms with Crippen LogP contribution in [0.25, 0.3) is 0 Å². The van der Waals surface area contributed by atoms with E-state index in [4.69, 9.17) is 14.6 Å². The molecular formula is C13H21NO5. The lowest BCUT2D eigenvalue weighted by Gasteiger charge is -2.31. The molecule has 2 fully saturated rings. The number of aliphatic carboxylic acids is 1. The summed E-state index contributed by atoms with van der Waals surface area (Å²) in [6.07, 6.45) is 2.61. The molecule has 6 nitrogen and oxygen atoms in total. The lowest BCUT2D eigenvalue weighted by molar-refractivity contribution is -0.159. The Hall–Kier alpha value is -1.14. The third kappa shape index (κ3) is 4.18. The molecule has 2 aliphatic heterocycles. The molecule has 2 aliphatic rings. The number of carbonyl (C=O) groups is 2. The first-order valence-corrected chi connectivity index (χ1v) is 6.86. The summed E-state index contributed by atoms with van der Waals surface area (Å²) in [6, 6.07) is 0. The van der Waals surface area contributed by atoms with Crippen molar-refractivity contribution in [1.82, 2.24) is 4.90 Å². The van der Waals surface area contributed by atoms with Gasteiger partial charge in [0, 0.05) is 26.2 Å². The first-order valence-electron chi connectivity index (χ1n) is 6.86. The standard InChI is InChI=1S/C13H21NO5/c15-12(4-3-10-2-1-6-18-9-10)14-5-7-19-11(8-14)13(16)17/h10-11H,1-9H2,(H,16,17). The lowest BCUT2D eigenvalue weighted by Crippen LogP contribution is -2.48. The lowest BCUT2D eigenvalue weighted by atomic mass is 9.96. The molecule has 19 heavy (non-hydrogen) atoms. The van der Waals surface area contributed by atoms with Gasteiger partial charge in [0.1, 0.15) is 0 Å². The second-order valence-corrected chi connectivity index (χ2v) is 5.16. The van der Waals surface area contributed by atoms with Gasteiger partial charge in [0.2, 0.25) is 5.91 Å². The minimum Gasteiger partial charge on any atom is -0.479 e. The maximum Gasteiger partial charge on any atom is 0.334 e. The molecule has 2 rings (SSSR count). The minimum atomic E-state index is -1.00. The first-order chi connectivity index (χ1) is 9.16. The predicted octanol–water partition coefficient (Wildman–Crippen LogP) is 0.505. The van der Waals surface area contributed by atoms with Crippen molar-refractivity contribution < 1.29 is 24.2 Å². The fraction of sp³-hybridized carbons (Fsp3) is 0.846. The van der Waals surface area contributed by atoms with Gasteiger partial charge >= 0.3 is 5.97 Å². The average molecular weight is 271 g/mol. The molecule has 1 amide bonds. The van der Waals surface area contributed by atoms with Crippen LogP contribution in [0.2, 0.25) is 0 Å². The summed E-state index contributed by atoms with van der Waals surface area (Å²) < 4.78 is 10.5. The highest BCUT2D eigenvalue weighted by molar-refractivity contribution is 5.78. The van der Waals surface area contributed by atoms with Crippen molar-refractivity contribution in [3.8, 4) is 0 Å². The Bertz CT molecular complexity index is 327. The molecule has 0 aliphatic carbocycles. The molecule has 0 radical (unpaired) electrons. The number of hydrogen-bond acceptors (Lipinski definition) is 4. The Kier molecular flexibility index (Phi) is 5.15. The Labute approximate surface area is 112 Å². The van der Waals surface area contributed by atoms with Crippen molar-refractivity contribution in [2.75, 3.05) is 32.9 Å². The molecule has 2 saturated heterocycles. The van der Waals surface area contributed by atoms with Crippen molar-refractivity contribution >= 4 is 11.9 Å². The molecule has 6 heteroatoms. The SMILES string of the molecule is O=C(O)C1CN(C(=O)CCC2CCCOC2)CCO1. The predicted molar refractivity (Wildman–Crippen MR) is 66.7 cm³/mol. The number of ether oxygens (including phenoxy) is 2. The number of carboxylic acids is 1. The van der Waals surface area contributed by atoms with Crippen molar-refractivity contribution in [1.29, 1.82) is 0 Å². The van der Waals surface area contributed by atoms with E-state index in [2.05, 4.69) is 0 Å². The number of carbonyl (C=O) groups excluding carboxylic acids is 1. The Balaban J connectivity index is 1.74. The van der Waals surface area contributed by atoms with Gasteiger partial charge in [-0.05, 0) is 25.2 Å². The van der Waals surface area contributed by atoms with Crippen LogP contribution in [0.5, 0.6) is 0 Å². The molecule has 0 aromatic carbocycles. The molecule has 0 aromatic heterocycles. The molecule has 1 N–H and O–H groups in total. The summed E-state index contributed by atoms with van der Waals surface area (Å²) in [4.78, 5) is 24.5. The largest absolute Gasteiger partial charge is 0.479 e. The van der Waals surface area contributed by atoms with Crippen LogP contribution in [0, 0.1) is 5.92 Å². The molecule has 0 spiro atoms. The van der Waals surface area contributed by atoms with Gasteiger partial charge in [0.05, 0.1) is 13.2 Å². The minimum absolute atomic E-state index is 0.0279. The molecule has 2 unspecified atom stereocenters. The van der Waals surface area contributed by atoms with Crippen LogP contribution < -0.4 is 0 Å². The van der Waals surface area contributed by atoms with Crippen LogP contribution in [-0.2, 0) is 19.1 Å². The summed E-state index contributed by atoms with van der Waals surface area (Å²) in [7, 11) is 0.